The molecule has 0 N–H and O–H groups in total. The molecule has 138 valence electrons. The molecule has 1 saturated heterocycles. The van der Waals surface area contributed by atoms with Gasteiger partial charge in [0, 0.05) is 44.7 Å². The molecule has 0 aromatic carbocycles. The third-order valence-corrected chi connectivity index (χ3v) is 5.86. The summed E-state index contributed by atoms with van der Waals surface area (Å²) in [5.41, 5.74) is 0. The van der Waals surface area contributed by atoms with E-state index in [1.807, 2.05) is 20.3 Å². The van der Waals surface area contributed by atoms with Crippen molar-refractivity contribution in [1.82, 2.24) is 29.5 Å². The fourth-order valence-corrected chi connectivity index (χ4v) is 4.17. The first-order valence-electron chi connectivity index (χ1n) is 8.81. The highest BCUT2D eigenvalue weighted by Crippen LogP contribution is 2.29. The lowest BCUT2D eigenvalue weighted by Gasteiger charge is -2.31. The van der Waals surface area contributed by atoms with Crippen LogP contribution in [0.25, 0.3) is 0 Å². The Kier molecular flexibility index (Phi) is 5.71. The van der Waals surface area contributed by atoms with Crippen LogP contribution in [0.3, 0.4) is 0 Å². The number of piperidine rings is 1. The summed E-state index contributed by atoms with van der Waals surface area (Å²) >= 11 is 1.79. The Morgan fingerprint density at radius 1 is 1.16 bits per heavy atom. The molecule has 3 rings (SSSR count). The van der Waals surface area contributed by atoms with Crippen LogP contribution < -0.4 is 4.90 Å². The highest BCUT2D eigenvalue weighted by Gasteiger charge is 2.25. The Bertz CT molecular complexity index is 683. The van der Waals surface area contributed by atoms with Gasteiger partial charge in [0.1, 0.15) is 11.6 Å². The fourth-order valence-electron chi connectivity index (χ4n) is 3.30. The van der Waals surface area contributed by atoms with Crippen LogP contribution in [-0.2, 0) is 20.1 Å². The van der Waals surface area contributed by atoms with Crippen LogP contribution in [0.4, 0.5) is 5.13 Å². The maximum absolute atomic E-state index is 4.48. The number of thiazole rings is 1. The molecule has 0 aliphatic carbocycles. The maximum Gasteiger partial charge on any atom is 0.185 e. The van der Waals surface area contributed by atoms with E-state index >= 15 is 0 Å². The van der Waals surface area contributed by atoms with Crippen molar-refractivity contribution >= 4 is 16.5 Å². The Labute approximate surface area is 154 Å². The van der Waals surface area contributed by atoms with Gasteiger partial charge in [-0.3, -0.25) is 4.90 Å². The van der Waals surface area contributed by atoms with Gasteiger partial charge in [-0.2, -0.15) is 0 Å². The van der Waals surface area contributed by atoms with Gasteiger partial charge in [0.05, 0.1) is 6.54 Å². The minimum Gasteiger partial charge on any atom is -0.354 e. The average Bonchev–Trinajstić information content (AvgIpc) is 3.16. The summed E-state index contributed by atoms with van der Waals surface area (Å²) in [6, 6.07) is 0. The summed E-state index contributed by atoms with van der Waals surface area (Å²) in [6.07, 6.45) is 4.31. The molecule has 0 saturated carbocycles. The molecule has 0 amide bonds. The zero-order valence-corrected chi connectivity index (χ0v) is 16.8. The van der Waals surface area contributed by atoms with Crippen molar-refractivity contribution in [2.45, 2.75) is 31.8 Å². The quantitative estimate of drug-likeness (QED) is 0.780. The molecule has 1 aliphatic heterocycles. The second kappa shape index (κ2) is 7.80. The summed E-state index contributed by atoms with van der Waals surface area (Å²) in [7, 11) is 10.3. The summed E-state index contributed by atoms with van der Waals surface area (Å²) < 4.78 is 2.19. The van der Waals surface area contributed by atoms with Gasteiger partial charge in [-0.15, -0.1) is 21.5 Å². The molecule has 2 aromatic rings. The first kappa shape index (κ1) is 18.3. The maximum atomic E-state index is 4.48. The summed E-state index contributed by atoms with van der Waals surface area (Å²) in [4.78, 5) is 12.5. The molecule has 7 nitrogen and oxygen atoms in total. The van der Waals surface area contributed by atoms with Crippen LogP contribution in [-0.4, -0.2) is 70.8 Å². The molecule has 3 heterocycles. The van der Waals surface area contributed by atoms with Gasteiger partial charge in [-0.1, -0.05) is 0 Å². The van der Waals surface area contributed by atoms with E-state index in [1.54, 1.807) is 11.3 Å². The lowest BCUT2D eigenvalue weighted by Crippen LogP contribution is -2.33. The molecule has 1 fully saturated rings. The number of rotatable bonds is 6. The Morgan fingerprint density at radius 2 is 1.88 bits per heavy atom. The summed E-state index contributed by atoms with van der Waals surface area (Å²) in [5, 5.41) is 9.94. The largest absolute Gasteiger partial charge is 0.354 e. The number of aromatic nitrogens is 4. The lowest BCUT2D eigenvalue weighted by atomic mass is 9.96. The predicted molar refractivity (Wildman–Crippen MR) is 102 cm³/mol. The molecule has 0 radical (unpaired) electrons. The lowest BCUT2D eigenvalue weighted by molar-refractivity contribution is 0.201. The first-order valence-corrected chi connectivity index (χ1v) is 9.63. The topological polar surface area (TPSA) is 53.3 Å². The van der Waals surface area contributed by atoms with Crippen molar-refractivity contribution in [3.05, 3.63) is 22.7 Å². The van der Waals surface area contributed by atoms with Gasteiger partial charge in [0.15, 0.2) is 5.13 Å². The molecule has 0 atom stereocenters. The second-order valence-corrected chi connectivity index (χ2v) is 8.42. The van der Waals surface area contributed by atoms with Crippen LogP contribution in [0.2, 0.25) is 0 Å². The zero-order chi connectivity index (χ0) is 18.0. The monoisotopic (exact) mass is 363 g/mol. The third kappa shape index (κ3) is 4.37. The SMILES string of the molecule is CN(C)Cc1nnc(C2CCN(Cc3cnc(N(C)C)s3)CC2)n1C. The Balaban J connectivity index is 1.55. The van der Waals surface area contributed by atoms with Crippen LogP contribution in [0.15, 0.2) is 6.20 Å². The molecule has 0 bridgehead atoms. The molecule has 8 heteroatoms. The number of hydrogen-bond donors (Lipinski definition) is 0. The standard InChI is InChI=1S/C17H29N7S/c1-21(2)12-15-19-20-16(23(15)5)13-6-8-24(9-7-13)11-14-10-18-17(25-14)22(3)4/h10,13H,6-9,11-12H2,1-5H3. The number of likely N-dealkylation sites (tertiary alicyclic amines) is 1. The highest BCUT2D eigenvalue weighted by atomic mass is 32.1. The molecule has 25 heavy (non-hydrogen) atoms. The van der Waals surface area contributed by atoms with Crippen molar-refractivity contribution in [3.8, 4) is 0 Å². The summed E-state index contributed by atoms with van der Waals surface area (Å²) in [6.45, 7) is 4.05. The van der Waals surface area contributed by atoms with Gasteiger partial charge >= 0.3 is 0 Å². The van der Waals surface area contributed by atoms with Crippen LogP contribution >= 0.6 is 11.3 Å². The Morgan fingerprint density at radius 3 is 2.48 bits per heavy atom. The highest BCUT2D eigenvalue weighted by molar-refractivity contribution is 7.15. The van der Waals surface area contributed by atoms with E-state index in [2.05, 4.69) is 55.6 Å². The van der Waals surface area contributed by atoms with Gasteiger partial charge in [-0.25, -0.2) is 4.98 Å². The van der Waals surface area contributed by atoms with E-state index in [0.29, 0.717) is 5.92 Å². The number of hydrogen-bond acceptors (Lipinski definition) is 7. The first-order chi connectivity index (χ1) is 11.9. The van der Waals surface area contributed by atoms with Gasteiger partial charge in [-0.05, 0) is 40.0 Å². The van der Waals surface area contributed by atoms with E-state index in [9.17, 15) is 0 Å². The van der Waals surface area contributed by atoms with E-state index in [0.717, 1.165) is 55.8 Å². The van der Waals surface area contributed by atoms with Crippen molar-refractivity contribution in [3.63, 3.8) is 0 Å². The van der Waals surface area contributed by atoms with Gasteiger partial charge in [0.25, 0.3) is 0 Å². The van der Waals surface area contributed by atoms with E-state index in [-0.39, 0.29) is 0 Å². The third-order valence-electron chi connectivity index (χ3n) is 4.71. The van der Waals surface area contributed by atoms with Crippen molar-refractivity contribution in [1.29, 1.82) is 0 Å². The second-order valence-electron chi connectivity index (χ2n) is 7.33. The molecule has 0 spiro atoms. The van der Waals surface area contributed by atoms with Crippen LogP contribution in [0.1, 0.15) is 35.3 Å². The minimum absolute atomic E-state index is 0.517. The molecular formula is C17H29N7S. The smallest absolute Gasteiger partial charge is 0.185 e. The summed E-state index contributed by atoms with van der Waals surface area (Å²) in [5.74, 6) is 2.70. The van der Waals surface area contributed by atoms with Crippen LogP contribution in [0, 0.1) is 0 Å². The normalized spacial score (nSPS) is 16.7. The predicted octanol–water partition coefficient (Wildman–Crippen LogP) is 1.78. The Hall–Kier alpha value is -1.51. The molecule has 1 aliphatic rings. The van der Waals surface area contributed by atoms with Crippen molar-refractivity contribution in [2.75, 3.05) is 46.2 Å². The average molecular weight is 364 g/mol. The number of nitrogens with zero attached hydrogens (tertiary/aromatic N) is 7. The fraction of sp³-hybridized carbons (Fsp3) is 0.706. The van der Waals surface area contributed by atoms with Gasteiger partial charge in [0.2, 0.25) is 0 Å². The molecule has 2 aromatic heterocycles. The van der Waals surface area contributed by atoms with E-state index < -0.39 is 0 Å². The van der Waals surface area contributed by atoms with E-state index in [1.165, 1.54) is 4.88 Å². The van der Waals surface area contributed by atoms with Crippen molar-refractivity contribution in [2.24, 2.45) is 7.05 Å². The van der Waals surface area contributed by atoms with Crippen molar-refractivity contribution < 1.29 is 0 Å². The molecule has 0 unspecified atom stereocenters. The molecular weight excluding hydrogens is 334 g/mol. The van der Waals surface area contributed by atoms with E-state index in [4.69, 9.17) is 0 Å². The van der Waals surface area contributed by atoms with Gasteiger partial charge < -0.3 is 14.4 Å². The minimum atomic E-state index is 0.517. The number of anilines is 1. The zero-order valence-electron chi connectivity index (χ0n) is 15.9. The van der Waals surface area contributed by atoms with Crippen LogP contribution in [0.5, 0.6) is 0 Å².